The van der Waals surface area contributed by atoms with Crippen molar-refractivity contribution in [3.05, 3.63) is 33.9 Å². The molecule has 176 valence electrons. The second kappa shape index (κ2) is 10.8. The average molecular weight is 468 g/mol. The number of nitrogens with zero attached hydrogens (tertiary/aromatic N) is 4. The van der Waals surface area contributed by atoms with E-state index in [1.54, 1.807) is 18.0 Å². The topological polar surface area (TPSA) is 94.9 Å². The van der Waals surface area contributed by atoms with Gasteiger partial charge in [-0.1, -0.05) is 45.8 Å². The molecule has 0 aliphatic heterocycles. The zero-order chi connectivity index (χ0) is 24.0. The lowest BCUT2D eigenvalue weighted by molar-refractivity contribution is 0.184. The van der Waals surface area contributed by atoms with Crippen LogP contribution in [0.4, 0.5) is 0 Å². The zero-order valence-electron chi connectivity index (χ0n) is 20.4. The summed E-state index contributed by atoms with van der Waals surface area (Å²) in [5.74, 6) is 4.08. The summed E-state index contributed by atoms with van der Waals surface area (Å²) >= 11 is 0. The van der Waals surface area contributed by atoms with Crippen molar-refractivity contribution in [1.82, 2.24) is 24.7 Å². The monoisotopic (exact) mass is 467 g/mol. The number of nitrogens with one attached hydrogen (secondary N) is 1. The predicted octanol–water partition coefficient (Wildman–Crippen LogP) is 3.80. The van der Waals surface area contributed by atoms with Crippen LogP contribution in [0.3, 0.4) is 0 Å². The van der Waals surface area contributed by atoms with Gasteiger partial charge in [-0.05, 0) is 18.9 Å². The number of ether oxygens (including phenoxy) is 2. The minimum atomic E-state index is -1.56. The van der Waals surface area contributed by atoms with Crippen molar-refractivity contribution >= 4 is 19.1 Å². The molecule has 0 aliphatic rings. The quantitative estimate of drug-likeness (QED) is 0.292. The summed E-state index contributed by atoms with van der Waals surface area (Å²) in [6, 6.07) is 1.90. The number of methoxy groups -OCH3 is 1. The molecule has 0 atom stereocenters. The molecule has 33 heavy (non-hydrogen) atoms. The maximum absolute atomic E-state index is 13.1. The first-order chi connectivity index (χ1) is 15.8. The number of hydrogen-bond donors (Lipinski definition) is 1. The molecular weight excluding hydrogens is 434 g/mol. The normalized spacial score (nSPS) is 11.5. The van der Waals surface area contributed by atoms with Crippen molar-refractivity contribution in [2.75, 3.05) is 20.3 Å². The van der Waals surface area contributed by atoms with Crippen molar-refractivity contribution in [2.45, 2.75) is 59.3 Å². The molecular formula is C24H33N5O3Si. The Balaban J connectivity index is 2.16. The van der Waals surface area contributed by atoms with Crippen molar-refractivity contribution in [3.8, 4) is 28.7 Å². The van der Waals surface area contributed by atoms with Crippen LogP contribution in [0.1, 0.15) is 37.9 Å². The number of unbranched alkanes of at least 4 members (excludes halogenated alkanes) is 1. The van der Waals surface area contributed by atoms with Gasteiger partial charge in [0.2, 0.25) is 5.88 Å². The Labute approximate surface area is 195 Å². The lowest BCUT2D eigenvalue weighted by Crippen LogP contribution is -2.16. The second-order valence-electron chi connectivity index (χ2n) is 8.91. The van der Waals surface area contributed by atoms with Gasteiger partial charge in [0.1, 0.15) is 19.4 Å². The van der Waals surface area contributed by atoms with E-state index in [2.05, 4.69) is 53.1 Å². The molecule has 0 fully saturated rings. The van der Waals surface area contributed by atoms with Crippen LogP contribution in [0, 0.1) is 11.5 Å². The van der Waals surface area contributed by atoms with Gasteiger partial charge in [-0.15, -0.1) is 5.54 Å². The third-order valence-electron chi connectivity index (χ3n) is 4.93. The summed E-state index contributed by atoms with van der Waals surface area (Å²) < 4.78 is 12.8. The number of aryl methyl sites for hydroxylation is 1. The molecule has 9 heteroatoms. The molecule has 0 bridgehead atoms. The zero-order valence-corrected chi connectivity index (χ0v) is 21.4. The molecule has 1 N–H and O–H groups in total. The van der Waals surface area contributed by atoms with E-state index in [1.165, 1.54) is 0 Å². The van der Waals surface area contributed by atoms with E-state index in [0.29, 0.717) is 54.5 Å². The highest BCUT2D eigenvalue weighted by atomic mass is 28.3. The third kappa shape index (κ3) is 6.09. The first-order valence-corrected chi connectivity index (χ1v) is 14.9. The summed E-state index contributed by atoms with van der Waals surface area (Å²) in [6.45, 7) is 12.2. The number of fused-ring (bicyclic) bond motifs is 1. The van der Waals surface area contributed by atoms with Gasteiger partial charge in [-0.25, -0.2) is 9.97 Å². The number of aromatic amines is 1. The van der Waals surface area contributed by atoms with E-state index in [-0.39, 0.29) is 5.56 Å². The molecule has 0 saturated heterocycles. The molecule has 3 aromatic heterocycles. The predicted molar refractivity (Wildman–Crippen MR) is 133 cm³/mol. The Morgan fingerprint density at radius 2 is 2.00 bits per heavy atom. The van der Waals surface area contributed by atoms with Crippen LogP contribution in [0.25, 0.3) is 22.4 Å². The molecule has 3 aromatic rings. The average Bonchev–Trinajstić information content (AvgIpc) is 3.14. The fourth-order valence-electron chi connectivity index (χ4n) is 3.23. The fourth-order valence-corrected chi connectivity index (χ4v) is 3.75. The van der Waals surface area contributed by atoms with E-state index in [1.807, 2.05) is 13.0 Å². The summed E-state index contributed by atoms with van der Waals surface area (Å²) in [5, 5.41) is 4.59. The number of rotatable bonds is 9. The molecule has 0 saturated carbocycles. The smallest absolute Gasteiger partial charge is 0.277 e. The first kappa shape index (κ1) is 24.7. The lowest BCUT2D eigenvalue weighted by atomic mass is 10.2. The van der Waals surface area contributed by atoms with Gasteiger partial charge in [0, 0.05) is 18.9 Å². The standard InChI is InChI=1S/C24H33N5O3Si/c1-7-9-12-32-24-18(15-17(16-25-24)10-14-33(4,5)6)22-26-20-19(8-2)28-29(11-13-31-3)21(20)23(30)27-22/h15-16H,7-9,11-13H2,1-6H3,(H,26,27,30). The Morgan fingerprint density at radius 3 is 2.67 bits per heavy atom. The largest absolute Gasteiger partial charge is 0.477 e. The molecule has 0 radical (unpaired) electrons. The second-order valence-corrected chi connectivity index (χ2v) is 13.7. The Bertz CT molecular complexity index is 1230. The Hall–Kier alpha value is -2.96. The maximum Gasteiger partial charge on any atom is 0.277 e. The highest BCUT2D eigenvalue weighted by molar-refractivity contribution is 6.83. The van der Waals surface area contributed by atoms with Crippen molar-refractivity contribution in [3.63, 3.8) is 0 Å². The number of H-pyrrole nitrogens is 1. The summed E-state index contributed by atoms with van der Waals surface area (Å²) in [7, 11) is 0.0661. The molecule has 0 aromatic carbocycles. The molecule has 3 rings (SSSR count). The third-order valence-corrected chi connectivity index (χ3v) is 5.81. The van der Waals surface area contributed by atoms with Crippen LogP contribution in [0.2, 0.25) is 19.6 Å². The van der Waals surface area contributed by atoms with Gasteiger partial charge < -0.3 is 14.5 Å². The highest BCUT2D eigenvalue weighted by Gasteiger charge is 2.19. The maximum atomic E-state index is 13.1. The van der Waals surface area contributed by atoms with Gasteiger partial charge in [-0.2, -0.15) is 5.10 Å². The minimum Gasteiger partial charge on any atom is -0.477 e. The van der Waals surface area contributed by atoms with Crippen LogP contribution in [0.15, 0.2) is 17.1 Å². The van der Waals surface area contributed by atoms with Crippen molar-refractivity contribution < 1.29 is 9.47 Å². The fraction of sp³-hybridized carbons (Fsp3) is 0.500. The summed E-state index contributed by atoms with van der Waals surface area (Å²) in [6.07, 6.45) is 4.30. The van der Waals surface area contributed by atoms with E-state index in [0.717, 1.165) is 24.1 Å². The highest BCUT2D eigenvalue weighted by Crippen LogP contribution is 2.27. The summed E-state index contributed by atoms with van der Waals surface area (Å²) in [4.78, 5) is 25.4. The van der Waals surface area contributed by atoms with Crippen LogP contribution in [-0.2, 0) is 17.7 Å². The minimum absolute atomic E-state index is 0.253. The van der Waals surface area contributed by atoms with Crippen molar-refractivity contribution in [2.24, 2.45) is 0 Å². The van der Waals surface area contributed by atoms with Crippen molar-refractivity contribution in [1.29, 1.82) is 0 Å². The van der Waals surface area contributed by atoms with E-state index in [4.69, 9.17) is 14.5 Å². The molecule has 8 nitrogen and oxygen atoms in total. The van der Waals surface area contributed by atoms with E-state index >= 15 is 0 Å². The molecule has 0 unspecified atom stereocenters. The molecule has 0 amide bonds. The van der Waals surface area contributed by atoms with Crippen LogP contribution in [-0.4, -0.2) is 53.1 Å². The number of pyridine rings is 1. The van der Waals surface area contributed by atoms with Crippen LogP contribution < -0.4 is 10.3 Å². The number of hydrogen-bond acceptors (Lipinski definition) is 6. The lowest BCUT2D eigenvalue weighted by Gasteiger charge is -2.11. The van der Waals surface area contributed by atoms with E-state index < -0.39 is 8.07 Å². The Kier molecular flexibility index (Phi) is 8.05. The van der Waals surface area contributed by atoms with Gasteiger partial charge in [0.05, 0.1) is 31.0 Å². The van der Waals surface area contributed by atoms with Gasteiger partial charge in [0.15, 0.2) is 5.52 Å². The first-order valence-electron chi connectivity index (χ1n) is 11.4. The number of aromatic nitrogens is 5. The van der Waals surface area contributed by atoms with E-state index in [9.17, 15) is 4.79 Å². The molecule has 0 aliphatic carbocycles. The molecule has 3 heterocycles. The Morgan fingerprint density at radius 1 is 1.21 bits per heavy atom. The van der Waals surface area contributed by atoms with Gasteiger partial charge in [0.25, 0.3) is 5.56 Å². The van der Waals surface area contributed by atoms with Crippen LogP contribution in [0.5, 0.6) is 5.88 Å². The van der Waals surface area contributed by atoms with Gasteiger partial charge >= 0.3 is 0 Å². The SMILES string of the molecule is CCCCOc1ncc(C#C[Si](C)(C)C)cc1-c1nc2c(CC)nn(CCOC)c2c(=O)[nH]1. The summed E-state index contributed by atoms with van der Waals surface area (Å²) in [5.41, 5.74) is 6.30. The van der Waals surface area contributed by atoms with Gasteiger partial charge in [-0.3, -0.25) is 9.48 Å². The van der Waals surface area contributed by atoms with Crippen LogP contribution >= 0.6 is 0 Å². The molecule has 0 spiro atoms.